The number of anilines is 1. The van der Waals surface area contributed by atoms with Crippen LogP contribution >= 0.6 is 11.8 Å². The van der Waals surface area contributed by atoms with Crippen molar-refractivity contribution >= 4 is 23.4 Å². The Kier molecular flexibility index (Phi) is 4.63. The van der Waals surface area contributed by atoms with E-state index in [9.17, 15) is 10.0 Å². The second-order valence-corrected chi connectivity index (χ2v) is 5.72. The Labute approximate surface area is 122 Å². The molecule has 0 aliphatic heterocycles. The van der Waals surface area contributed by atoms with Gasteiger partial charge in [-0.3, -0.25) is 4.79 Å². The van der Waals surface area contributed by atoms with E-state index in [1.54, 1.807) is 37.1 Å². The quantitative estimate of drug-likeness (QED) is 0.493. The van der Waals surface area contributed by atoms with E-state index in [1.807, 2.05) is 30.3 Å². The average molecular weight is 288 g/mol. The van der Waals surface area contributed by atoms with Crippen molar-refractivity contribution in [1.82, 2.24) is 0 Å². The normalized spacial score (nSPS) is 11.9. The Morgan fingerprint density at radius 2 is 1.85 bits per heavy atom. The molecule has 2 aromatic rings. The number of amides is 1. The first-order valence-electron chi connectivity index (χ1n) is 6.27. The number of aromatic nitrogens is 1. The van der Waals surface area contributed by atoms with Crippen LogP contribution in [-0.2, 0) is 4.79 Å². The molecule has 2 rings (SSSR count). The average Bonchev–Trinajstić information content (AvgIpc) is 2.49. The van der Waals surface area contributed by atoms with E-state index in [1.165, 1.54) is 18.0 Å². The molecule has 1 heterocycles. The number of nitrogens with zero attached hydrogens (tertiary/aromatic N) is 2. The Bertz CT molecular complexity index is 589. The summed E-state index contributed by atoms with van der Waals surface area (Å²) < 4.78 is 0.775. The van der Waals surface area contributed by atoms with Crippen LogP contribution in [0.3, 0.4) is 0 Å². The fourth-order valence-electron chi connectivity index (χ4n) is 1.79. The molecule has 1 atom stereocenters. The fourth-order valence-corrected chi connectivity index (χ4v) is 2.73. The monoisotopic (exact) mass is 288 g/mol. The maximum Gasteiger partial charge on any atom is 0.252 e. The lowest BCUT2D eigenvalue weighted by atomic mass is 10.3. The first-order chi connectivity index (χ1) is 9.59. The van der Waals surface area contributed by atoms with Crippen LogP contribution in [-0.4, -0.2) is 18.2 Å². The summed E-state index contributed by atoms with van der Waals surface area (Å²) in [6.07, 6.45) is 1.43. The largest absolute Gasteiger partial charge is 0.618 e. The highest BCUT2D eigenvalue weighted by atomic mass is 32.2. The first kappa shape index (κ1) is 14.4. The number of thioether (sulfide) groups is 1. The third-order valence-corrected chi connectivity index (χ3v) is 4.02. The number of para-hydroxylation sites is 1. The van der Waals surface area contributed by atoms with Crippen molar-refractivity contribution in [2.24, 2.45) is 0 Å². The maximum absolute atomic E-state index is 12.4. The second-order valence-electron chi connectivity index (χ2n) is 4.36. The van der Waals surface area contributed by atoms with Gasteiger partial charge in [-0.25, -0.2) is 0 Å². The molecule has 1 aromatic heterocycles. The fraction of sp³-hybridized carbons (Fsp3) is 0.200. The van der Waals surface area contributed by atoms with Gasteiger partial charge in [0, 0.05) is 24.9 Å². The lowest BCUT2D eigenvalue weighted by molar-refractivity contribution is -0.645. The van der Waals surface area contributed by atoms with Gasteiger partial charge in [0.25, 0.3) is 5.03 Å². The Morgan fingerprint density at radius 1 is 1.20 bits per heavy atom. The highest BCUT2D eigenvalue weighted by molar-refractivity contribution is 8.00. The van der Waals surface area contributed by atoms with Crippen molar-refractivity contribution < 1.29 is 9.52 Å². The molecular formula is C15H16N2O2S. The second kappa shape index (κ2) is 6.43. The minimum atomic E-state index is -0.331. The molecule has 1 aromatic carbocycles. The van der Waals surface area contributed by atoms with E-state index in [2.05, 4.69) is 0 Å². The summed E-state index contributed by atoms with van der Waals surface area (Å²) in [5, 5.41) is 11.8. The standard InChI is InChI=1S/C15H16N2O2S/c1-12(20-14-10-6-7-11-17(14)19)15(18)16(2)13-8-4-3-5-9-13/h3-12H,1-2H3. The van der Waals surface area contributed by atoms with Crippen LogP contribution in [0.2, 0.25) is 0 Å². The molecule has 0 saturated carbocycles. The molecule has 20 heavy (non-hydrogen) atoms. The molecular weight excluding hydrogens is 272 g/mol. The molecule has 0 aliphatic rings. The minimum absolute atomic E-state index is 0.0370. The lowest BCUT2D eigenvalue weighted by Crippen LogP contribution is -2.35. The molecule has 104 valence electrons. The van der Waals surface area contributed by atoms with Gasteiger partial charge in [0.05, 0.1) is 5.25 Å². The van der Waals surface area contributed by atoms with E-state index >= 15 is 0 Å². The Morgan fingerprint density at radius 3 is 2.50 bits per heavy atom. The van der Waals surface area contributed by atoms with E-state index in [-0.39, 0.29) is 11.2 Å². The SMILES string of the molecule is CC(Sc1cccc[n+]1[O-])C(=O)N(C)c1ccccc1. The zero-order valence-corrected chi connectivity index (χ0v) is 12.2. The first-order valence-corrected chi connectivity index (χ1v) is 7.15. The smallest absolute Gasteiger partial charge is 0.252 e. The Balaban J connectivity index is 2.08. The van der Waals surface area contributed by atoms with Gasteiger partial charge in [-0.05, 0) is 36.9 Å². The minimum Gasteiger partial charge on any atom is -0.618 e. The highest BCUT2D eigenvalue weighted by Crippen LogP contribution is 2.23. The van der Waals surface area contributed by atoms with Crippen LogP contribution < -0.4 is 9.63 Å². The summed E-state index contributed by atoms with van der Waals surface area (Å²) in [4.78, 5) is 14.0. The third kappa shape index (κ3) is 3.30. The van der Waals surface area contributed by atoms with Crippen LogP contribution in [0.4, 0.5) is 5.69 Å². The van der Waals surface area contributed by atoms with Crippen molar-refractivity contribution in [3.8, 4) is 0 Å². The van der Waals surface area contributed by atoms with Gasteiger partial charge in [0.2, 0.25) is 5.91 Å². The number of hydrogen-bond acceptors (Lipinski definition) is 3. The molecule has 4 nitrogen and oxygen atoms in total. The van der Waals surface area contributed by atoms with Gasteiger partial charge >= 0.3 is 0 Å². The molecule has 1 unspecified atom stereocenters. The van der Waals surface area contributed by atoms with Crippen LogP contribution in [0, 0.1) is 5.21 Å². The van der Waals surface area contributed by atoms with Gasteiger partial charge in [-0.2, -0.15) is 4.73 Å². The molecule has 0 radical (unpaired) electrons. The van der Waals surface area contributed by atoms with E-state index < -0.39 is 0 Å². The molecule has 0 spiro atoms. The van der Waals surface area contributed by atoms with Gasteiger partial charge in [0.1, 0.15) is 0 Å². The molecule has 0 saturated heterocycles. The lowest BCUT2D eigenvalue weighted by Gasteiger charge is -2.20. The van der Waals surface area contributed by atoms with Gasteiger partial charge in [-0.1, -0.05) is 18.2 Å². The van der Waals surface area contributed by atoms with Crippen molar-refractivity contribution in [2.45, 2.75) is 17.2 Å². The molecule has 1 amide bonds. The van der Waals surface area contributed by atoms with Gasteiger partial charge in [0.15, 0.2) is 6.20 Å². The summed E-state index contributed by atoms with van der Waals surface area (Å²) in [7, 11) is 1.74. The van der Waals surface area contributed by atoms with Crippen molar-refractivity contribution in [3.05, 3.63) is 59.9 Å². The highest BCUT2D eigenvalue weighted by Gasteiger charge is 2.22. The molecule has 5 heteroatoms. The number of carbonyl (C=O) groups excluding carboxylic acids is 1. The van der Waals surface area contributed by atoms with Crippen LogP contribution in [0.1, 0.15) is 6.92 Å². The van der Waals surface area contributed by atoms with Crippen LogP contribution in [0.15, 0.2) is 59.8 Å². The Hall–Kier alpha value is -2.01. The van der Waals surface area contributed by atoms with E-state index in [0.29, 0.717) is 5.03 Å². The number of hydrogen-bond donors (Lipinski definition) is 0. The molecule has 0 N–H and O–H groups in total. The van der Waals surface area contributed by atoms with E-state index in [0.717, 1.165) is 10.4 Å². The number of carbonyl (C=O) groups is 1. The zero-order valence-electron chi connectivity index (χ0n) is 11.4. The summed E-state index contributed by atoms with van der Waals surface area (Å²) in [5.41, 5.74) is 0.841. The predicted octanol–water partition coefficient (Wildman–Crippen LogP) is 2.46. The zero-order chi connectivity index (χ0) is 14.5. The predicted molar refractivity (Wildman–Crippen MR) is 80.6 cm³/mol. The number of pyridine rings is 1. The van der Waals surface area contributed by atoms with Crippen molar-refractivity contribution in [1.29, 1.82) is 0 Å². The van der Waals surface area contributed by atoms with Gasteiger partial charge in [-0.15, -0.1) is 0 Å². The summed E-state index contributed by atoms with van der Waals surface area (Å²) >= 11 is 1.26. The molecule has 0 aliphatic carbocycles. The summed E-state index contributed by atoms with van der Waals surface area (Å²) in [6, 6.07) is 14.6. The van der Waals surface area contributed by atoms with Crippen LogP contribution in [0.25, 0.3) is 0 Å². The summed E-state index contributed by atoms with van der Waals surface area (Å²) in [5.74, 6) is -0.0370. The van der Waals surface area contributed by atoms with Gasteiger partial charge < -0.3 is 10.1 Å². The van der Waals surface area contributed by atoms with Crippen molar-refractivity contribution in [2.75, 3.05) is 11.9 Å². The van der Waals surface area contributed by atoms with Crippen molar-refractivity contribution in [3.63, 3.8) is 0 Å². The van der Waals surface area contributed by atoms with E-state index in [4.69, 9.17) is 0 Å². The third-order valence-electron chi connectivity index (χ3n) is 2.91. The summed E-state index contributed by atoms with van der Waals surface area (Å²) in [6.45, 7) is 1.80. The molecule has 0 bridgehead atoms. The molecule has 0 fully saturated rings. The number of benzene rings is 1. The van der Waals surface area contributed by atoms with Crippen LogP contribution in [0.5, 0.6) is 0 Å². The maximum atomic E-state index is 12.4. The topological polar surface area (TPSA) is 47.2 Å². The number of rotatable bonds is 4.